The minimum atomic E-state index is -0.143. The van der Waals surface area contributed by atoms with Crippen molar-refractivity contribution in [3.63, 3.8) is 0 Å². The monoisotopic (exact) mass is 359 g/mol. The molecule has 1 atom stereocenters. The molecular weight excluding hydrogens is 342 g/mol. The van der Waals surface area contributed by atoms with Crippen LogP contribution in [0.3, 0.4) is 0 Å². The van der Waals surface area contributed by atoms with Gasteiger partial charge in [0.05, 0.1) is 17.8 Å². The Labute approximate surface area is 147 Å². The fraction of sp³-hybridized carbons (Fsp3) is 0.353. The Morgan fingerprint density at radius 3 is 3.00 bits per heavy atom. The number of amides is 1. The SMILES string of the molecule is CCC1c2ccsc2CCN1C(=O)Cn1cnc2sccc2c1=O. The third-order valence-corrected chi connectivity index (χ3v) is 6.38. The van der Waals surface area contributed by atoms with Crippen LogP contribution < -0.4 is 5.56 Å². The molecule has 0 aliphatic carbocycles. The number of rotatable bonds is 3. The van der Waals surface area contributed by atoms with Gasteiger partial charge in [0.2, 0.25) is 5.91 Å². The second-order valence-electron chi connectivity index (χ2n) is 5.88. The van der Waals surface area contributed by atoms with Crippen LogP contribution in [0.25, 0.3) is 10.2 Å². The van der Waals surface area contributed by atoms with Gasteiger partial charge in [0, 0.05) is 11.4 Å². The Balaban J connectivity index is 1.61. The molecule has 3 aromatic heterocycles. The van der Waals surface area contributed by atoms with Crippen LogP contribution in [0, 0.1) is 0 Å². The zero-order chi connectivity index (χ0) is 16.7. The number of hydrogen-bond acceptors (Lipinski definition) is 5. The van der Waals surface area contributed by atoms with Gasteiger partial charge < -0.3 is 4.90 Å². The van der Waals surface area contributed by atoms with Crippen molar-refractivity contribution in [1.82, 2.24) is 14.5 Å². The van der Waals surface area contributed by atoms with Crippen molar-refractivity contribution < 1.29 is 4.79 Å². The number of aromatic nitrogens is 2. The molecular formula is C17H17N3O2S2. The van der Waals surface area contributed by atoms with Gasteiger partial charge in [0.25, 0.3) is 5.56 Å². The smallest absolute Gasteiger partial charge is 0.262 e. The molecule has 4 rings (SSSR count). The highest BCUT2D eigenvalue weighted by Gasteiger charge is 2.30. The lowest BCUT2D eigenvalue weighted by Gasteiger charge is -2.35. The van der Waals surface area contributed by atoms with Crippen LogP contribution in [0.4, 0.5) is 0 Å². The van der Waals surface area contributed by atoms with Gasteiger partial charge in [-0.3, -0.25) is 14.2 Å². The van der Waals surface area contributed by atoms with E-state index in [0.29, 0.717) is 11.9 Å². The van der Waals surface area contributed by atoms with Crippen LogP contribution in [0.15, 0.2) is 34.0 Å². The Morgan fingerprint density at radius 2 is 2.17 bits per heavy atom. The van der Waals surface area contributed by atoms with Crippen LogP contribution in [0.1, 0.15) is 29.8 Å². The zero-order valence-electron chi connectivity index (χ0n) is 13.3. The molecule has 0 aromatic carbocycles. The van der Waals surface area contributed by atoms with E-state index in [0.717, 1.165) is 17.7 Å². The van der Waals surface area contributed by atoms with Gasteiger partial charge in [0.1, 0.15) is 11.4 Å². The van der Waals surface area contributed by atoms with E-state index in [-0.39, 0.29) is 24.1 Å². The quantitative estimate of drug-likeness (QED) is 0.722. The van der Waals surface area contributed by atoms with Crippen LogP contribution in [0.5, 0.6) is 0 Å². The van der Waals surface area contributed by atoms with Gasteiger partial charge in [-0.05, 0) is 41.3 Å². The highest BCUT2D eigenvalue weighted by atomic mass is 32.1. The fourth-order valence-corrected chi connectivity index (χ4v) is 5.03. The fourth-order valence-electron chi connectivity index (χ4n) is 3.38. The first-order valence-electron chi connectivity index (χ1n) is 7.97. The van der Waals surface area contributed by atoms with Gasteiger partial charge in [0.15, 0.2) is 0 Å². The Bertz CT molecular complexity index is 956. The molecule has 24 heavy (non-hydrogen) atoms. The Morgan fingerprint density at radius 1 is 1.33 bits per heavy atom. The molecule has 1 aliphatic rings. The summed E-state index contributed by atoms with van der Waals surface area (Å²) < 4.78 is 1.42. The molecule has 1 aliphatic heterocycles. The first kappa shape index (κ1) is 15.5. The first-order valence-corrected chi connectivity index (χ1v) is 9.73. The highest BCUT2D eigenvalue weighted by molar-refractivity contribution is 7.16. The molecule has 0 fully saturated rings. The summed E-state index contributed by atoms with van der Waals surface area (Å²) >= 11 is 3.20. The van der Waals surface area contributed by atoms with Crippen molar-refractivity contribution >= 4 is 38.8 Å². The topological polar surface area (TPSA) is 55.2 Å². The third kappa shape index (κ3) is 2.48. The average molecular weight is 359 g/mol. The molecule has 0 N–H and O–H groups in total. The van der Waals surface area contributed by atoms with E-state index in [2.05, 4.69) is 23.4 Å². The maximum absolute atomic E-state index is 12.8. The van der Waals surface area contributed by atoms with Crippen LogP contribution in [-0.2, 0) is 17.8 Å². The second kappa shape index (κ2) is 6.14. The molecule has 1 unspecified atom stereocenters. The second-order valence-corrected chi connectivity index (χ2v) is 7.77. The maximum Gasteiger partial charge on any atom is 0.262 e. The van der Waals surface area contributed by atoms with Crippen LogP contribution in [-0.4, -0.2) is 26.9 Å². The first-order chi connectivity index (χ1) is 11.7. The van der Waals surface area contributed by atoms with E-state index in [9.17, 15) is 9.59 Å². The van der Waals surface area contributed by atoms with E-state index in [1.54, 1.807) is 17.4 Å². The van der Waals surface area contributed by atoms with Crippen molar-refractivity contribution in [1.29, 1.82) is 0 Å². The lowest BCUT2D eigenvalue weighted by Crippen LogP contribution is -2.42. The van der Waals surface area contributed by atoms with Crippen molar-refractivity contribution in [3.8, 4) is 0 Å². The summed E-state index contributed by atoms with van der Waals surface area (Å²) in [5.74, 6) is -0.0165. The average Bonchev–Trinajstić information content (AvgIpc) is 3.25. The summed E-state index contributed by atoms with van der Waals surface area (Å²) in [5.41, 5.74) is 1.12. The van der Waals surface area contributed by atoms with Gasteiger partial charge in [-0.2, -0.15) is 0 Å². The van der Waals surface area contributed by atoms with Crippen molar-refractivity contribution in [2.24, 2.45) is 0 Å². The number of nitrogens with zero attached hydrogens (tertiary/aromatic N) is 3. The van der Waals surface area contributed by atoms with Crippen molar-refractivity contribution in [2.75, 3.05) is 6.54 Å². The number of thiophene rings is 2. The normalized spacial score (nSPS) is 17.2. The van der Waals surface area contributed by atoms with Crippen LogP contribution >= 0.6 is 22.7 Å². The minimum Gasteiger partial charge on any atom is -0.334 e. The van der Waals surface area contributed by atoms with Gasteiger partial charge >= 0.3 is 0 Å². The number of hydrogen-bond donors (Lipinski definition) is 0. The maximum atomic E-state index is 12.8. The summed E-state index contributed by atoms with van der Waals surface area (Å²) in [7, 11) is 0. The number of carbonyl (C=O) groups is 1. The molecule has 0 bridgehead atoms. The largest absolute Gasteiger partial charge is 0.334 e. The number of fused-ring (bicyclic) bond motifs is 2. The number of carbonyl (C=O) groups excluding carboxylic acids is 1. The summed E-state index contributed by atoms with van der Waals surface area (Å²) in [6.45, 7) is 2.87. The van der Waals surface area contributed by atoms with Crippen LogP contribution in [0.2, 0.25) is 0 Å². The molecule has 124 valence electrons. The van der Waals surface area contributed by atoms with Crippen molar-refractivity contribution in [3.05, 3.63) is 50.0 Å². The summed E-state index contributed by atoms with van der Waals surface area (Å²) in [6, 6.07) is 4.00. The standard InChI is InChI=1S/C17H17N3O2S2/c1-2-13-11-4-7-23-14(11)3-6-20(13)15(21)9-19-10-18-16-12(17(19)22)5-8-24-16/h4-5,7-8,10,13H,2-3,6,9H2,1H3. The minimum absolute atomic E-state index is 0.0165. The molecule has 0 spiro atoms. The van der Waals surface area contributed by atoms with E-state index < -0.39 is 0 Å². The predicted molar refractivity (Wildman–Crippen MR) is 96.6 cm³/mol. The summed E-state index contributed by atoms with van der Waals surface area (Å²) in [6.07, 6.45) is 3.26. The predicted octanol–water partition coefficient (Wildman–Crippen LogP) is 3.06. The van der Waals surface area contributed by atoms with E-state index in [1.807, 2.05) is 10.3 Å². The highest BCUT2D eigenvalue weighted by Crippen LogP contribution is 2.35. The molecule has 0 radical (unpaired) electrons. The molecule has 1 amide bonds. The van der Waals surface area contributed by atoms with Gasteiger partial charge in [-0.1, -0.05) is 6.92 Å². The van der Waals surface area contributed by atoms with E-state index >= 15 is 0 Å². The lowest BCUT2D eigenvalue weighted by molar-refractivity contribution is -0.134. The molecule has 0 saturated carbocycles. The molecule has 7 heteroatoms. The molecule has 3 aromatic rings. The Kier molecular flexibility index (Phi) is 3.97. The van der Waals surface area contributed by atoms with E-state index in [1.165, 1.54) is 32.7 Å². The Hall–Kier alpha value is -1.99. The summed E-state index contributed by atoms with van der Waals surface area (Å²) in [4.78, 5) is 33.6. The van der Waals surface area contributed by atoms with Gasteiger partial charge in [-0.15, -0.1) is 22.7 Å². The molecule has 0 saturated heterocycles. The van der Waals surface area contributed by atoms with Gasteiger partial charge in [-0.25, -0.2) is 4.98 Å². The zero-order valence-corrected chi connectivity index (χ0v) is 14.9. The van der Waals surface area contributed by atoms with E-state index in [4.69, 9.17) is 0 Å². The molecule has 4 heterocycles. The summed E-state index contributed by atoms with van der Waals surface area (Å²) in [5, 5.41) is 4.53. The van der Waals surface area contributed by atoms with Crippen molar-refractivity contribution in [2.45, 2.75) is 32.4 Å². The molecule has 5 nitrogen and oxygen atoms in total. The lowest BCUT2D eigenvalue weighted by atomic mass is 9.98. The third-order valence-electron chi connectivity index (χ3n) is 4.56.